The summed E-state index contributed by atoms with van der Waals surface area (Å²) in [5.41, 5.74) is 1.00. The third-order valence-electron chi connectivity index (χ3n) is 2.84. The monoisotopic (exact) mass is 296 g/mol. The van der Waals surface area contributed by atoms with Crippen LogP contribution in [0, 0.1) is 5.82 Å². The topological polar surface area (TPSA) is 38.7 Å². The fourth-order valence-corrected chi connectivity index (χ4v) is 1.97. The fourth-order valence-electron chi connectivity index (χ4n) is 1.75. The Morgan fingerprint density at radius 1 is 1.20 bits per heavy atom. The van der Waals surface area contributed by atoms with Crippen LogP contribution in [0.15, 0.2) is 36.4 Å². The van der Waals surface area contributed by atoms with Gasteiger partial charge in [-0.2, -0.15) is 0 Å². The van der Waals surface area contributed by atoms with Gasteiger partial charge in [0.25, 0.3) is 0 Å². The maximum Gasteiger partial charge on any atom is 0.161 e. The molecule has 0 aliphatic heterocycles. The Hall–Kier alpha value is -1.78. The van der Waals surface area contributed by atoms with Crippen molar-refractivity contribution in [2.75, 3.05) is 7.11 Å². The number of methoxy groups -OCH3 is 1. The number of halogens is 2. The molecule has 0 saturated carbocycles. The second-order valence-electron chi connectivity index (χ2n) is 4.13. The zero-order chi connectivity index (χ0) is 14.5. The summed E-state index contributed by atoms with van der Waals surface area (Å²) in [4.78, 5) is 0. The zero-order valence-corrected chi connectivity index (χ0v) is 11.7. The Morgan fingerprint density at radius 3 is 2.65 bits per heavy atom. The van der Waals surface area contributed by atoms with Crippen molar-refractivity contribution in [1.29, 1.82) is 0 Å². The fraction of sp³-hybridized carbons (Fsp3) is 0.200. The van der Waals surface area contributed by atoms with E-state index in [0.29, 0.717) is 27.6 Å². The molecule has 0 amide bonds. The van der Waals surface area contributed by atoms with E-state index in [-0.39, 0.29) is 13.2 Å². The molecule has 5 heteroatoms. The molecule has 2 aromatic rings. The lowest BCUT2D eigenvalue weighted by molar-refractivity contribution is 0.272. The van der Waals surface area contributed by atoms with Crippen molar-refractivity contribution in [2.24, 2.45) is 0 Å². The molecule has 0 fully saturated rings. The lowest BCUT2D eigenvalue weighted by Crippen LogP contribution is -2.01. The van der Waals surface area contributed by atoms with Crippen LogP contribution in [0.2, 0.25) is 5.02 Å². The minimum absolute atomic E-state index is 0.000336. The standard InChI is InChI=1S/C15H14ClFO3/c1-19-15-7-10(8-18)5-6-14(15)20-9-11-12(16)3-2-4-13(11)17/h2-7,18H,8-9H2,1H3. The smallest absolute Gasteiger partial charge is 0.161 e. The Labute approximate surface area is 121 Å². The molecule has 0 saturated heterocycles. The number of aliphatic hydroxyl groups is 1. The average Bonchev–Trinajstić information content (AvgIpc) is 2.46. The molecule has 0 aliphatic rings. The second kappa shape index (κ2) is 6.59. The molecular formula is C15H14ClFO3. The van der Waals surface area contributed by atoms with Crippen LogP contribution in [0.25, 0.3) is 0 Å². The summed E-state index contributed by atoms with van der Waals surface area (Å²) in [5, 5.41) is 9.38. The van der Waals surface area contributed by atoms with Crippen LogP contribution in [0.4, 0.5) is 4.39 Å². The van der Waals surface area contributed by atoms with E-state index in [0.717, 1.165) is 0 Å². The van der Waals surface area contributed by atoms with Crippen molar-refractivity contribution in [1.82, 2.24) is 0 Å². The van der Waals surface area contributed by atoms with Crippen LogP contribution in [0.5, 0.6) is 11.5 Å². The largest absolute Gasteiger partial charge is 0.493 e. The number of hydrogen-bond donors (Lipinski definition) is 1. The van der Waals surface area contributed by atoms with Gasteiger partial charge >= 0.3 is 0 Å². The minimum atomic E-state index is -0.413. The van der Waals surface area contributed by atoms with Crippen molar-refractivity contribution in [2.45, 2.75) is 13.2 Å². The SMILES string of the molecule is COc1cc(CO)ccc1OCc1c(F)cccc1Cl. The normalized spacial score (nSPS) is 10.4. The first-order chi connectivity index (χ1) is 9.65. The van der Waals surface area contributed by atoms with Gasteiger partial charge in [0.05, 0.1) is 18.7 Å². The van der Waals surface area contributed by atoms with Crippen LogP contribution in [0.3, 0.4) is 0 Å². The molecule has 20 heavy (non-hydrogen) atoms. The van der Waals surface area contributed by atoms with Crippen LogP contribution in [-0.2, 0) is 13.2 Å². The van der Waals surface area contributed by atoms with Gasteiger partial charge in [-0.3, -0.25) is 0 Å². The lowest BCUT2D eigenvalue weighted by atomic mass is 10.2. The number of ether oxygens (including phenoxy) is 2. The molecular weight excluding hydrogens is 283 g/mol. The number of benzene rings is 2. The molecule has 106 valence electrons. The molecule has 0 atom stereocenters. The summed E-state index contributed by atoms with van der Waals surface area (Å²) in [5.74, 6) is 0.525. The maximum atomic E-state index is 13.6. The lowest BCUT2D eigenvalue weighted by Gasteiger charge is -2.12. The highest BCUT2D eigenvalue weighted by Crippen LogP contribution is 2.30. The van der Waals surface area contributed by atoms with Gasteiger partial charge in [-0.25, -0.2) is 4.39 Å². The Balaban J connectivity index is 2.19. The van der Waals surface area contributed by atoms with Gasteiger partial charge in [-0.1, -0.05) is 23.7 Å². The molecule has 0 aromatic heterocycles. The molecule has 2 rings (SSSR count). The molecule has 0 bridgehead atoms. The van der Waals surface area contributed by atoms with E-state index >= 15 is 0 Å². The minimum Gasteiger partial charge on any atom is -0.493 e. The summed E-state index contributed by atoms with van der Waals surface area (Å²) in [7, 11) is 1.50. The van der Waals surface area contributed by atoms with E-state index in [1.807, 2.05) is 0 Å². The zero-order valence-electron chi connectivity index (χ0n) is 10.9. The third kappa shape index (κ3) is 3.21. The quantitative estimate of drug-likeness (QED) is 0.917. The van der Waals surface area contributed by atoms with E-state index in [1.54, 1.807) is 24.3 Å². The van der Waals surface area contributed by atoms with Crippen molar-refractivity contribution in [3.05, 3.63) is 58.4 Å². The maximum absolute atomic E-state index is 13.6. The molecule has 3 nitrogen and oxygen atoms in total. The third-order valence-corrected chi connectivity index (χ3v) is 3.20. The summed E-state index contributed by atoms with van der Waals surface area (Å²) in [6.45, 7) is -0.0872. The van der Waals surface area contributed by atoms with E-state index in [9.17, 15) is 4.39 Å². The van der Waals surface area contributed by atoms with Crippen LogP contribution < -0.4 is 9.47 Å². The van der Waals surface area contributed by atoms with Gasteiger partial charge in [-0.15, -0.1) is 0 Å². The van der Waals surface area contributed by atoms with Crippen molar-refractivity contribution >= 4 is 11.6 Å². The highest BCUT2D eigenvalue weighted by molar-refractivity contribution is 6.31. The number of rotatable bonds is 5. The van der Waals surface area contributed by atoms with Crippen molar-refractivity contribution in [3.8, 4) is 11.5 Å². The first-order valence-electron chi connectivity index (χ1n) is 5.99. The van der Waals surface area contributed by atoms with Gasteiger partial charge < -0.3 is 14.6 Å². The molecule has 0 heterocycles. The highest BCUT2D eigenvalue weighted by Gasteiger charge is 2.10. The molecule has 1 N–H and O–H groups in total. The van der Waals surface area contributed by atoms with Gasteiger partial charge in [0.2, 0.25) is 0 Å². The molecule has 0 spiro atoms. The summed E-state index contributed by atoms with van der Waals surface area (Å²) < 4.78 is 24.3. The average molecular weight is 297 g/mol. The molecule has 0 aliphatic carbocycles. The van der Waals surface area contributed by atoms with Gasteiger partial charge in [0.15, 0.2) is 11.5 Å². The Morgan fingerprint density at radius 2 is 2.00 bits per heavy atom. The molecule has 2 aromatic carbocycles. The number of hydrogen-bond acceptors (Lipinski definition) is 3. The predicted molar refractivity (Wildman–Crippen MR) is 74.7 cm³/mol. The van der Waals surface area contributed by atoms with Crippen molar-refractivity contribution in [3.63, 3.8) is 0 Å². The first kappa shape index (κ1) is 14.6. The molecule has 0 radical (unpaired) electrons. The summed E-state index contributed by atoms with van der Waals surface area (Å²) >= 11 is 5.93. The predicted octanol–water partition coefficient (Wildman–Crippen LogP) is 3.56. The first-order valence-corrected chi connectivity index (χ1v) is 6.37. The van der Waals surface area contributed by atoms with Gasteiger partial charge in [-0.05, 0) is 29.8 Å². The van der Waals surface area contributed by atoms with Gasteiger partial charge in [0.1, 0.15) is 12.4 Å². The number of aliphatic hydroxyl groups excluding tert-OH is 1. The summed E-state index contributed by atoms with van der Waals surface area (Å²) in [6, 6.07) is 9.52. The second-order valence-corrected chi connectivity index (χ2v) is 4.54. The summed E-state index contributed by atoms with van der Waals surface area (Å²) in [6.07, 6.45) is 0. The van der Waals surface area contributed by atoms with Crippen LogP contribution in [-0.4, -0.2) is 12.2 Å². The van der Waals surface area contributed by atoms with E-state index in [1.165, 1.54) is 19.2 Å². The Bertz CT molecular complexity index is 581. The van der Waals surface area contributed by atoms with Crippen LogP contribution in [0.1, 0.15) is 11.1 Å². The van der Waals surface area contributed by atoms with Gasteiger partial charge in [0, 0.05) is 5.56 Å². The van der Waals surface area contributed by atoms with Crippen molar-refractivity contribution < 1.29 is 19.0 Å². The van der Waals surface area contributed by atoms with Crippen LogP contribution >= 0.6 is 11.6 Å². The van der Waals surface area contributed by atoms with E-state index in [2.05, 4.69) is 0 Å². The molecule has 0 unspecified atom stereocenters. The Kier molecular flexibility index (Phi) is 4.82. The van der Waals surface area contributed by atoms with E-state index < -0.39 is 5.82 Å². The highest BCUT2D eigenvalue weighted by atomic mass is 35.5. The van der Waals surface area contributed by atoms with E-state index in [4.69, 9.17) is 26.2 Å².